The van der Waals surface area contributed by atoms with Gasteiger partial charge in [0, 0.05) is 0 Å². The van der Waals surface area contributed by atoms with Gasteiger partial charge in [0.25, 0.3) is 0 Å². The molecule has 0 atom stereocenters. The van der Waals surface area contributed by atoms with Crippen molar-refractivity contribution in [3.05, 3.63) is 18.2 Å². The number of hydrogen-bond acceptors (Lipinski definition) is 8. The van der Waals surface area contributed by atoms with Crippen molar-refractivity contribution in [1.82, 2.24) is 0 Å². The van der Waals surface area contributed by atoms with Crippen LogP contribution >= 0.6 is 20.0 Å². The molecular formula is C11H14AsNO8S3. The molecule has 1 aromatic rings. The zero-order valence-electron chi connectivity index (χ0n) is 11.9. The molecule has 0 aliphatic rings. The standard InChI is InChI=1S/C11H14AsNO8S3/c14-9-2-1-7(3-8(9)13-6-24(19,20)21)12(22-4-10(15)16)23-5-11(17)18/h1-3,13-14H,4-6H2,(H,15,16)(H,17,18)(H,19,20,21). The molecule has 0 aliphatic heterocycles. The molecule has 0 unspecified atom stereocenters. The summed E-state index contributed by atoms with van der Waals surface area (Å²) in [5.74, 6) is -3.50. The van der Waals surface area contributed by atoms with Crippen LogP contribution in [0.2, 0.25) is 0 Å². The van der Waals surface area contributed by atoms with Gasteiger partial charge in [-0.25, -0.2) is 0 Å². The van der Waals surface area contributed by atoms with Gasteiger partial charge in [-0.1, -0.05) is 0 Å². The number of phenolic OH excluding ortho intramolecular Hbond substituents is 1. The molecular weight excluding hydrogens is 445 g/mol. The van der Waals surface area contributed by atoms with Crippen molar-refractivity contribution >= 4 is 64.5 Å². The zero-order valence-corrected chi connectivity index (χ0v) is 16.3. The second-order valence-corrected chi connectivity index (χ2v) is 17.2. The van der Waals surface area contributed by atoms with Crippen LogP contribution in [-0.2, 0) is 19.7 Å². The van der Waals surface area contributed by atoms with Crippen molar-refractivity contribution < 1.29 is 37.9 Å². The SMILES string of the molecule is O=C(O)CS[As](SCC(=O)O)c1ccc(O)c(NCS(=O)(=O)O)c1. The Morgan fingerprint density at radius 1 is 1.12 bits per heavy atom. The van der Waals surface area contributed by atoms with Gasteiger partial charge in [0.15, 0.2) is 0 Å². The van der Waals surface area contributed by atoms with E-state index in [4.69, 9.17) is 14.8 Å². The van der Waals surface area contributed by atoms with E-state index in [1.165, 1.54) is 18.2 Å². The molecule has 0 amide bonds. The maximum absolute atomic E-state index is 10.8. The number of rotatable bonds is 10. The summed E-state index contributed by atoms with van der Waals surface area (Å²) in [5.41, 5.74) is 0.0522. The molecule has 0 bridgehead atoms. The van der Waals surface area contributed by atoms with E-state index in [2.05, 4.69) is 5.32 Å². The molecule has 24 heavy (non-hydrogen) atoms. The summed E-state index contributed by atoms with van der Waals surface area (Å²) in [7, 11) is -2.03. The van der Waals surface area contributed by atoms with Crippen LogP contribution < -0.4 is 9.67 Å². The summed E-state index contributed by atoms with van der Waals surface area (Å²) in [6, 6.07) is 4.27. The molecule has 0 heterocycles. The summed E-state index contributed by atoms with van der Waals surface area (Å²) in [4.78, 5) is 21.5. The first-order valence-corrected chi connectivity index (χ1v) is 15.1. The maximum atomic E-state index is 10.8. The zero-order chi connectivity index (χ0) is 18.3. The van der Waals surface area contributed by atoms with Gasteiger partial charge in [0.2, 0.25) is 0 Å². The normalized spacial score (nSPS) is 11.4. The summed E-state index contributed by atoms with van der Waals surface area (Å²) >= 11 is -2.19. The number of anilines is 1. The summed E-state index contributed by atoms with van der Waals surface area (Å²) < 4.78 is 30.9. The fourth-order valence-electron chi connectivity index (χ4n) is 1.36. The van der Waals surface area contributed by atoms with Crippen molar-refractivity contribution in [2.75, 3.05) is 22.7 Å². The van der Waals surface area contributed by atoms with Crippen molar-refractivity contribution in [2.45, 2.75) is 0 Å². The molecule has 0 aromatic heterocycles. The Balaban J connectivity index is 2.98. The average Bonchev–Trinajstić information content (AvgIpc) is 2.45. The van der Waals surface area contributed by atoms with Crippen molar-refractivity contribution in [2.24, 2.45) is 0 Å². The van der Waals surface area contributed by atoms with Crippen LogP contribution in [0.3, 0.4) is 0 Å². The second kappa shape index (κ2) is 9.42. The molecule has 0 fully saturated rings. The quantitative estimate of drug-likeness (QED) is 0.182. The summed E-state index contributed by atoms with van der Waals surface area (Å²) in [5, 5.41) is 29.7. The molecule has 0 aliphatic carbocycles. The fraction of sp³-hybridized carbons (Fsp3) is 0.273. The first kappa shape index (κ1) is 21.0. The molecule has 0 saturated heterocycles. The van der Waals surface area contributed by atoms with E-state index in [1.807, 2.05) is 0 Å². The molecule has 1 rings (SSSR count). The molecule has 1 aromatic carbocycles. The third-order valence-electron chi connectivity index (χ3n) is 2.25. The minimum atomic E-state index is -4.29. The van der Waals surface area contributed by atoms with Gasteiger partial charge < -0.3 is 0 Å². The van der Waals surface area contributed by atoms with Crippen molar-refractivity contribution in [3.8, 4) is 5.75 Å². The van der Waals surface area contributed by atoms with Gasteiger partial charge in [-0.05, 0) is 0 Å². The third-order valence-corrected chi connectivity index (χ3v) is 15.5. The predicted molar refractivity (Wildman–Crippen MR) is 93.7 cm³/mol. The fourth-order valence-corrected chi connectivity index (χ4v) is 12.6. The van der Waals surface area contributed by atoms with Crippen LogP contribution in [0.5, 0.6) is 5.75 Å². The Labute approximate surface area is 148 Å². The Bertz CT molecular complexity index is 693. The van der Waals surface area contributed by atoms with Crippen LogP contribution in [0, 0.1) is 0 Å². The second-order valence-electron chi connectivity index (χ2n) is 4.20. The number of nitrogens with one attached hydrogen (secondary N) is 1. The van der Waals surface area contributed by atoms with Gasteiger partial charge in [-0.3, -0.25) is 0 Å². The van der Waals surface area contributed by atoms with E-state index in [1.54, 1.807) is 0 Å². The van der Waals surface area contributed by atoms with E-state index in [9.17, 15) is 23.1 Å². The van der Waals surface area contributed by atoms with E-state index in [0.29, 0.717) is 4.35 Å². The monoisotopic (exact) mass is 459 g/mol. The number of hydrogen-bond donors (Lipinski definition) is 5. The molecule has 0 saturated carbocycles. The number of phenols is 1. The number of carbonyl (C=O) groups is 2. The van der Waals surface area contributed by atoms with Crippen molar-refractivity contribution in [1.29, 1.82) is 0 Å². The van der Waals surface area contributed by atoms with Crippen LogP contribution in [0.1, 0.15) is 0 Å². The molecule has 13 heteroatoms. The third kappa shape index (κ3) is 8.15. The van der Waals surface area contributed by atoms with Gasteiger partial charge >= 0.3 is 149 Å². The van der Waals surface area contributed by atoms with Gasteiger partial charge in [-0.15, -0.1) is 0 Å². The topological polar surface area (TPSA) is 161 Å². The summed E-state index contributed by atoms with van der Waals surface area (Å²) in [6.07, 6.45) is 0. The number of carboxylic acid groups (broad SMARTS) is 2. The molecule has 0 spiro atoms. The number of benzene rings is 1. The van der Waals surface area contributed by atoms with E-state index in [-0.39, 0.29) is 22.9 Å². The molecule has 0 radical (unpaired) electrons. The first-order valence-electron chi connectivity index (χ1n) is 6.10. The molecule has 9 nitrogen and oxygen atoms in total. The van der Waals surface area contributed by atoms with Crippen LogP contribution in [0.25, 0.3) is 0 Å². The number of carboxylic acids is 2. The van der Waals surface area contributed by atoms with Crippen LogP contribution in [0.15, 0.2) is 18.2 Å². The minimum absolute atomic E-state index is 0.0522. The Morgan fingerprint density at radius 2 is 1.67 bits per heavy atom. The predicted octanol–water partition coefficient (Wildman–Crippen LogP) is -0.0198. The van der Waals surface area contributed by atoms with Crippen LogP contribution in [-0.4, -0.2) is 69.9 Å². The Morgan fingerprint density at radius 3 is 2.12 bits per heavy atom. The van der Waals surface area contributed by atoms with E-state index < -0.39 is 40.3 Å². The van der Waals surface area contributed by atoms with Crippen LogP contribution in [0.4, 0.5) is 5.69 Å². The van der Waals surface area contributed by atoms with Gasteiger partial charge in [0.05, 0.1) is 0 Å². The number of aromatic hydroxyl groups is 1. The van der Waals surface area contributed by atoms with Gasteiger partial charge in [0.1, 0.15) is 0 Å². The Kier molecular flexibility index (Phi) is 8.23. The first-order chi connectivity index (χ1) is 11.1. The summed E-state index contributed by atoms with van der Waals surface area (Å²) in [6.45, 7) is 0. The van der Waals surface area contributed by atoms with E-state index >= 15 is 0 Å². The van der Waals surface area contributed by atoms with E-state index in [0.717, 1.165) is 20.0 Å². The average molecular weight is 459 g/mol. The molecule has 5 N–H and O–H groups in total. The number of aliphatic carboxylic acids is 2. The van der Waals surface area contributed by atoms with Crippen molar-refractivity contribution in [3.63, 3.8) is 0 Å². The Hall–Kier alpha value is -1.07. The van der Waals surface area contributed by atoms with Gasteiger partial charge in [-0.2, -0.15) is 0 Å². The molecule has 134 valence electrons.